The zero-order chi connectivity index (χ0) is 24.3. The number of fused-ring (bicyclic) bond motifs is 1. The summed E-state index contributed by atoms with van der Waals surface area (Å²) in [7, 11) is 1.76. The molecule has 36 heavy (non-hydrogen) atoms. The zero-order valence-corrected chi connectivity index (χ0v) is 20.6. The summed E-state index contributed by atoms with van der Waals surface area (Å²) < 4.78 is 5.28. The molecule has 1 aromatic carbocycles. The van der Waals surface area contributed by atoms with E-state index in [0.717, 1.165) is 67.7 Å². The summed E-state index contributed by atoms with van der Waals surface area (Å²) in [6.07, 6.45) is 8.14. The van der Waals surface area contributed by atoms with E-state index in [0.29, 0.717) is 11.7 Å². The molecule has 184 valence electrons. The highest BCUT2D eigenvalue weighted by Gasteiger charge is 2.30. The molecule has 4 aromatic rings. The molecule has 0 bridgehead atoms. The summed E-state index contributed by atoms with van der Waals surface area (Å²) in [5.74, 6) is 3.06. The van der Waals surface area contributed by atoms with Crippen molar-refractivity contribution in [3.63, 3.8) is 0 Å². The summed E-state index contributed by atoms with van der Waals surface area (Å²) in [6, 6.07) is 14.0. The number of para-hydroxylation sites is 1. The molecule has 0 spiro atoms. The maximum absolute atomic E-state index is 5.28. The highest BCUT2D eigenvalue weighted by molar-refractivity contribution is 5.94. The van der Waals surface area contributed by atoms with E-state index >= 15 is 0 Å². The first-order chi connectivity index (χ1) is 17.8. The van der Waals surface area contributed by atoms with Crippen molar-refractivity contribution in [1.82, 2.24) is 24.8 Å². The number of pyridine rings is 2. The van der Waals surface area contributed by atoms with Crippen LogP contribution in [0.3, 0.4) is 0 Å². The minimum Gasteiger partial charge on any atom is -0.383 e. The van der Waals surface area contributed by atoms with E-state index in [4.69, 9.17) is 14.7 Å². The third-order valence-electron chi connectivity index (χ3n) is 6.98. The third-order valence-corrected chi connectivity index (χ3v) is 6.98. The normalized spacial score (nSPS) is 16.4. The molecular weight excluding hydrogens is 450 g/mol. The van der Waals surface area contributed by atoms with Crippen LogP contribution < -0.4 is 10.2 Å². The number of aromatic nitrogens is 4. The first-order valence-corrected chi connectivity index (χ1v) is 12.7. The molecule has 8 heteroatoms. The average Bonchev–Trinajstić information content (AvgIpc) is 3.78. The van der Waals surface area contributed by atoms with E-state index < -0.39 is 0 Å². The van der Waals surface area contributed by atoms with Crippen molar-refractivity contribution in [2.45, 2.75) is 18.8 Å². The summed E-state index contributed by atoms with van der Waals surface area (Å²) in [4.78, 5) is 24.1. The molecule has 1 aliphatic carbocycles. The molecule has 1 saturated carbocycles. The van der Waals surface area contributed by atoms with Gasteiger partial charge in [-0.1, -0.05) is 18.2 Å². The molecule has 0 amide bonds. The molecule has 0 radical (unpaired) electrons. The summed E-state index contributed by atoms with van der Waals surface area (Å²) >= 11 is 0. The van der Waals surface area contributed by atoms with Gasteiger partial charge in [0, 0.05) is 68.9 Å². The zero-order valence-electron chi connectivity index (χ0n) is 20.6. The summed E-state index contributed by atoms with van der Waals surface area (Å²) in [5.41, 5.74) is 4.13. The van der Waals surface area contributed by atoms with Gasteiger partial charge in [-0.05, 0) is 48.6 Å². The predicted octanol–water partition coefficient (Wildman–Crippen LogP) is 4.48. The Labute approximate surface area is 211 Å². The summed E-state index contributed by atoms with van der Waals surface area (Å²) in [5, 5.41) is 4.54. The molecule has 0 atom stereocenters. The van der Waals surface area contributed by atoms with Gasteiger partial charge < -0.3 is 15.0 Å². The second-order valence-electron chi connectivity index (χ2n) is 9.51. The van der Waals surface area contributed by atoms with Crippen LogP contribution in [0.25, 0.3) is 22.3 Å². The molecule has 2 aliphatic rings. The molecule has 1 N–H and O–H groups in total. The smallest absolute Gasteiger partial charge is 0.162 e. The maximum Gasteiger partial charge on any atom is 0.162 e. The Balaban J connectivity index is 1.37. The van der Waals surface area contributed by atoms with E-state index in [1.165, 1.54) is 23.8 Å². The van der Waals surface area contributed by atoms with Gasteiger partial charge in [0.2, 0.25) is 0 Å². The number of nitrogens with zero attached hydrogens (tertiary/aromatic N) is 6. The van der Waals surface area contributed by atoms with Crippen molar-refractivity contribution in [3.8, 4) is 11.4 Å². The quantitative estimate of drug-likeness (QED) is 0.395. The minimum absolute atomic E-state index is 0.569. The molecule has 6 rings (SSSR count). The predicted molar refractivity (Wildman–Crippen MR) is 143 cm³/mol. The number of hydrogen-bond donors (Lipinski definition) is 1. The first kappa shape index (κ1) is 22.8. The lowest BCUT2D eigenvalue weighted by Gasteiger charge is -2.36. The summed E-state index contributed by atoms with van der Waals surface area (Å²) in [6.45, 7) is 5.58. The van der Waals surface area contributed by atoms with E-state index in [2.05, 4.69) is 25.1 Å². The van der Waals surface area contributed by atoms with Crippen molar-refractivity contribution in [2.75, 3.05) is 56.7 Å². The Morgan fingerprint density at radius 3 is 2.61 bits per heavy atom. The number of benzene rings is 1. The van der Waals surface area contributed by atoms with Gasteiger partial charge in [0.25, 0.3) is 0 Å². The van der Waals surface area contributed by atoms with Gasteiger partial charge in [0.15, 0.2) is 5.82 Å². The lowest BCUT2D eigenvalue weighted by atomic mass is 10.1. The van der Waals surface area contributed by atoms with Gasteiger partial charge in [-0.15, -0.1) is 0 Å². The van der Waals surface area contributed by atoms with Crippen LogP contribution in [0.5, 0.6) is 0 Å². The van der Waals surface area contributed by atoms with Crippen molar-refractivity contribution in [1.29, 1.82) is 0 Å². The van der Waals surface area contributed by atoms with E-state index in [-0.39, 0.29) is 0 Å². The fraction of sp³-hybridized carbons (Fsp3) is 0.357. The van der Waals surface area contributed by atoms with Crippen LogP contribution in [0.4, 0.5) is 17.3 Å². The Kier molecular flexibility index (Phi) is 6.44. The van der Waals surface area contributed by atoms with Gasteiger partial charge >= 0.3 is 0 Å². The van der Waals surface area contributed by atoms with Crippen molar-refractivity contribution >= 4 is 28.2 Å². The fourth-order valence-electron chi connectivity index (χ4n) is 4.86. The molecular formula is C28H31N7O. The number of ether oxygens (including phenoxy) is 1. The number of nitrogens with one attached hydrogen (secondary N) is 1. The number of hydrogen-bond acceptors (Lipinski definition) is 8. The van der Waals surface area contributed by atoms with E-state index in [1.807, 2.05) is 54.9 Å². The Hall–Kier alpha value is -3.62. The Morgan fingerprint density at radius 2 is 1.83 bits per heavy atom. The van der Waals surface area contributed by atoms with Crippen LogP contribution in [0, 0.1) is 0 Å². The highest BCUT2D eigenvalue weighted by atomic mass is 16.5. The molecule has 3 aromatic heterocycles. The van der Waals surface area contributed by atoms with Gasteiger partial charge in [-0.25, -0.2) is 15.0 Å². The van der Waals surface area contributed by atoms with Crippen LogP contribution in [0.15, 0.2) is 61.1 Å². The fourth-order valence-corrected chi connectivity index (χ4v) is 4.86. The lowest BCUT2D eigenvalue weighted by Crippen LogP contribution is -2.47. The van der Waals surface area contributed by atoms with Gasteiger partial charge in [0.1, 0.15) is 11.6 Å². The first-order valence-electron chi connectivity index (χ1n) is 12.7. The van der Waals surface area contributed by atoms with E-state index in [1.54, 1.807) is 13.3 Å². The molecule has 1 aliphatic heterocycles. The van der Waals surface area contributed by atoms with Crippen molar-refractivity contribution in [3.05, 3.63) is 66.6 Å². The monoisotopic (exact) mass is 481 g/mol. The number of methoxy groups -OCH3 is 1. The number of rotatable bonds is 8. The maximum atomic E-state index is 5.28. The standard InChI is InChI=1S/C28H31N7O/c1-36-16-15-34-11-13-35(14-12-34)28-26-23(20-7-8-20)18-29-19-24(26)32-27(33-28)21-9-10-30-25(17-21)31-22-5-3-2-4-6-22/h2-6,9-10,17-20H,7-8,11-16H2,1H3,(H,30,31). The second-order valence-corrected chi connectivity index (χ2v) is 9.51. The van der Waals surface area contributed by atoms with Crippen molar-refractivity contribution in [2.24, 2.45) is 0 Å². The van der Waals surface area contributed by atoms with Gasteiger partial charge in [-0.2, -0.15) is 0 Å². The number of piperazine rings is 1. The highest BCUT2D eigenvalue weighted by Crippen LogP contribution is 2.45. The van der Waals surface area contributed by atoms with Crippen molar-refractivity contribution < 1.29 is 4.74 Å². The van der Waals surface area contributed by atoms with E-state index in [9.17, 15) is 0 Å². The minimum atomic E-state index is 0.569. The van der Waals surface area contributed by atoms with Crippen LogP contribution in [-0.4, -0.2) is 71.3 Å². The lowest BCUT2D eigenvalue weighted by molar-refractivity contribution is 0.144. The van der Waals surface area contributed by atoms with Gasteiger partial charge in [0.05, 0.1) is 18.3 Å². The topological polar surface area (TPSA) is 79.3 Å². The average molecular weight is 482 g/mol. The Bertz CT molecular complexity index is 1330. The van der Waals surface area contributed by atoms with Crippen LogP contribution in [-0.2, 0) is 4.74 Å². The molecule has 4 heterocycles. The second kappa shape index (κ2) is 10.2. The van der Waals surface area contributed by atoms with Gasteiger partial charge in [-0.3, -0.25) is 9.88 Å². The molecule has 2 fully saturated rings. The molecule has 8 nitrogen and oxygen atoms in total. The van der Waals surface area contributed by atoms with Crippen LogP contribution >= 0.6 is 0 Å². The molecule has 0 unspecified atom stereocenters. The third kappa shape index (κ3) is 4.87. The number of anilines is 3. The SMILES string of the molecule is COCCN1CCN(c2nc(-c3ccnc(Nc4ccccc4)c3)nc3cncc(C4CC4)c23)CC1. The largest absolute Gasteiger partial charge is 0.383 e. The van der Waals surface area contributed by atoms with Crippen LogP contribution in [0.2, 0.25) is 0 Å². The molecule has 1 saturated heterocycles. The Morgan fingerprint density at radius 1 is 1.00 bits per heavy atom. The van der Waals surface area contributed by atoms with Crippen LogP contribution in [0.1, 0.15) is 24.3 Å².